The molecule has 2 heterocycles. The maximum absolute atomic E-state index is 11.9. The molecular weight excluding hydrogens is 222 g/mol. The minimum Gasteiger partial charge on any atom is -0.246 e. The van der Waals surface area contributed by atoms with Crippen LogP contribution in [-0.2, 0) is 6.54 Å². The Labute approximate surface area is 95.6 Å². The Balaban J connectivity index is 2.04. The van der Waals surface area contributed by atoms with E-state index in [1.165, 1.54) is 11.5 Å². The molecule has 16 heavy (non-hydrogen) atoms. The molecule has 1 aromatic carbocycles. The van der Waals surface area contributed by atoms with E-state index in [4.69, 9.17) is 0 Å². The Kier molecular flexibility index (Phi) is 2.11. The number of rotatable bonds is 2. The van der Waals surface area contributed by atoms with Crippen molar-refractivity contribution in [3.8, 4) is 0 Å². The minimum absolute atomic E-state index is 0.0265. The number of nitrogens with zero attached hydrogens (tertiary/aromatic N) is 3. The van der Waals surface area contributed by atoms with Gasteiger partial charge in [0, 0.05) is 12.4 Å². The number of aromatic nitrogens is 3. The van der Waals surface area contributed by atoms with Crippen molar-refractivity contribution in [2.24, 2.45) is 0 Å². The summed E-state index contributed by atoms with van der Waals surface area (Å²) in [5.74, 6) is 0. The molecule has 0 fully saturated rings. The van der Waals surface area contributed by atoms with Crippen LogP contribution in [0.25, 0.3) is 4.96 Å². The Bertz CT molecular complexity index is 665. The fraction of sp³-hybridized carbons (Fsp3) is 0.0909. The molecule has 80 valence electrons. The van der Waals surface area contributed by atoms with E-state index in [1.807, 2.05) is 30.3 Å². The summed E-state index contributed by atoms with van der Waals surface area (Å²) in [4.78, 5) is 16.7. The zero-order valence-corrected chi connectivity index (χ0v) is 9.22. The molecule has 0 aliphatic rings. The highest BCUT2D eigenvalue weighted by molar-refractivity contribution is 7.11. The van der Waals surface area contributed by atoms with E-state index >= 15 is 0 Å². The van der Waals surface area contributed by atoms with Crippen molar-refractivity contribution in [1.29, 1.82) is 0 Å². The highest BCUT2D eigenvalue weighted by atomic mass is 32.1. The van der Waals surface area contributed by atoms with Gasteiger partial charge in [-0.2, -0.15) is 0 Å². The van der Waals surface area contributed by atoms with Crippen LogP contribution in [0.5, 0.6) is 0 Å². The van der Waals surface area contributed by atoms with Crippen LogP contribution in [0.4, 0.5) is 0 Å². The average Bonchev–Trinajstić information content (AvgIpc) is 2.86. The second-order valence-corrected chi connectivity index (χ2v) is 4.46. The van der Waals surface area contributed by atoms with Gasteiger partial charge in [0.05, 0.1) is 6.54 Å². The van der Waals surface area contributed by atoms with Crippen molar-refractivity contribution < 1.29 is 0 Å². The van der Waals surface area contributed by atoms with Gasteiger partial charge in [-0.15, -0.1) is 0 Å². The number of benzene rings is 1. The Morgan fingerprint density at radius 1 is 1.25 bits per heavy atom. The Hall–Kier alpha value is -1.88. The molecule has 3 aromatic rings. The summed E-state index contributed by atoms with van der Waals surface area (Å²) < 4.78 is 3.27. The molecule has 0 spiro atoms. The predicted octanol–water partition coefficient (Wildman–Crippen LogP) is 1.61. The van der Waals surface area contributed by atoms with Gasteiger partial charge < -0.3 is 0 Å². The van der Waals surface area contributed by atoms with Crippen molar-refractivity contribution in [3.05, 3.63) is 58.8 Å². The van der Waals surface area contributed by atoms with Crippen LogP contribution in [-0.4, -0.2) is 13.3 Å². The zero-order valence-electron chi connectivity index (χ0n) is 8.41. The van der Waals surface area contributed by atoms with Crippen LogP contribution in [0, 0.1) is 0 Å². The van der Waals surface area contributed by atoms with E-state index in [9.17, 15) is 4.79 Å². The molecule has 0 radical (unpaired) electrons. The van der Waals surface area contributed by atoms with Gasteiger partial charge in [-0.1, -0.05) is 30.3 Å². The van der Waals surface area contributed by atoms with Gasteiger partial charge in [0.25, 0.3) is 0 Å². The quantitative estimate of drug-likeness (QED) is 0.672. The first-order chi connectivity index (χ1) is 7.84. The van der Waals surface area contributed by atoms with Gasteiger partial charge >= 0.3 is 5.69 Å². The molecule has 0 bridgehead atoms. The summed E-state index contributed by atoms with van der Waals surface area (Å²) >= 11 is 1.38. The first kappa shape index (κ1) is 9.35. The monoisotopic (exact) mass is 231 g/mol. The van der Waals surface area contributed by atoms with Gasteiger partial charge in [0.1, 0.15) is 0 Å². The van der Waals surface area contributed by atoms with Crippen molar-refractivity contribution >= 4 is 16.5 Å². The molecule has 4 nitrogen and oxygen atoms in total. The third-order valence-electron chi connectivity index (χ3n) is 2.39. The summed E-state index contributed by atoms with van der Waals surface area (Å²) in [6.45, 7) is 0.605. The summed E-state index contributed by atoms with van der Waals surface area (Å²) in [7, 11) is 0. The van der Waals surface area contributed by atoms with E-state index in [0.717, 1.165) is 10.5 Å². The normalized spacial score (nSPS) is 11.0. The second-order valence-electron chi connectivity index (χ2n) is 3.48. The first-order valence-corrected chi connectivity index (χ1v) is 5.69. The minimum atomic E-state index is -0.0265. The molecule has 0 saturated carbocycles. The van der Waals surface area contributed by atoms with Crippen LogP contribution in [0.3, 0.4) is 0 Å². The summed E-state index contributed by atoms with van der Waals surface area (Å²) in [5, 5.41) is 0. The lowest BCUT2D eigenvalue weighted by Gasteiger charge is -1.98. The van der Waals surface area contributed by atoms with Gasteiger partial charge in [0.2, 0.25) is 4.96 Å². The van der Waals surface area contributed by atoms with Crippen molar-refractivity contribution in [1.82, 2.24) is 13.3 Å². The maximum Gasteiger partial charge on any atom is 0.344 e. The molecule has 0 atom stereocenters. The highest BCUT2D eigenvalue weighted by Crippen LogP contribution is 2.08. The lowest BCUT2D eigenvalue weighted by atomic mass is 10.2. The first-order valence-electron chi connectivity index (χ1n) is 4.92. The molecule has 3 rings (SSSR count). The Morgan fingerprint density at radius 2 is 2.06 bits per heavy atom. The van der Waals surface area contributed by atoms with Crippen LogP contribution < -0.4 is 5.69 Å². The number of hydrogen-bond acceptors (Lipinski definition) is 3. The smallest absolute Gasteiger partial charge is 0.246 e. The van der Waals surface area contributed by atoms with Gasteiger partial charge in [-0.05, 0) is 17.1 Å². The molecule has 0 unspecified atom stereocenters. The lowest BCUT2D eigenvalue weighted by molar-refractivity contribution is 0.805. The van der Waals surface area contributed by atoms with E-state index < -0.39 is 0 Å². The van der Waals surface area contributed by atoms with Gasteiger partial charge in [-0.3, -0.25) is 0 Å². The second kappa shape index (κ2) is 3.61. The van der Waals surface area contributed by atoms with Crippen LogP contribution >= 0.6 is 11.5 Å². The molecule has 0 aliphatic heterocycles. The fourth-order valence-corrected chi connectivity index (χ4v) is 2.52. The topological polar surface area (TPSA) is 39.3 Å². The third-order valence-corrected chi connectivity index (χ3v) is 3.36. The van der Waals surface area contributed by atoms with Crippen molar-refractivity contribution in [3.63, 3.8) is 0 Å². The van der Waals surface area contributed by atoms with Gasteiger partial charge in [0.15, 0.2) is 0 Å². The Morgan fingerprint density at radius 3 is 2.81 bits per heavy atom. The average molecular weight is 231 g/mol. The maximum atomic E-state index is 11.9. The number of imidazole rings is 1. The third kappa shape index (κ3) is 1.45. The molecule has 5 heteroatoms. The van der Waals surface area contributed by atoms with E-state index in [-0.39, 0.29) is 5.69 Å². The molecule has 2 aromatic heterocycles. The molecule has 0 N–H and O–H groups in total. The summed E-state index contributed by atoms with van der Waals surface area (Å²) in [6, 6.07) is 9.93. The molecular formula is C11H9N3OS. The SMILES string of the molecule is O=c1n(Cc2ccccc2)sc2nccn12. The van der Waals surface area contributed by atoms with Gasteiger partial charge in [-0.25, -0.2) is 18.1 Å². The van der Waals surface area contributed by atoms with Crippen LogP contribution in [0.2, 0.25) is 0 Å². The summed E-state index contributed by atoms with van der Waals surface area (Å²) in [5.41, 5.74) is 1.09. The predicted molar refractivity (Wildman–Crippen MR) is 62.9 cm³/mol. The van der Waals surface area contributed by atoms with E-state index in [0.29, 0.717) is 6.54 Å². The van der Waals surface area contributed by atoms with Crippen molar-refractivity contribution in [2.45, 2.75) is 6.54 Å². The lowest BCUT2D eigenvalue weighted by Crippen LogP contribution is -2.18. The van der Waals surface area contributed by atoms with Crippen molar-refractivity contribution in [2.75, 3.05) is 0 Å². The molecule has 0 saturated heterocycles. The number of fused-ring (bicyclic) bond motifs is 1. The zero-order chi connectivity index (χ0) is 11.0. The largest absolute Gasteiger partial charge is 0.344 e. The van der Waals surface area contributed by atoms with Crippen LogP contribution in [0.1, 0.15) is 5.56 Å². The standard InChI is InChI=1S/C11H9N3OS/c15-11-13-7-6-12-10(13)16-14(11)8-9-4-2-1-3-5-9/h1-7H,8H2. The van der Waals surface area contributed by atoms with Crippen LogP contribution in [0.15, 0.2) is 47.5 Å². The van der Waals surface area contributed by atoms with E-state index in [2.05, 4.69) is 4.98 Å². The fourth-order valence-electron chi connectivity index (χ4n) is 1.61. The molecule has 0 aliphatic carbocycles. The van der Waals surface area contributed by atoms with E-state index in [1.54, 1.807) is 20.8 Å². The number of hydrogen-bond donors (Lipinski definition) is 0. The molecule has 0 amide bonds. The summed E-state index contributed by atoms with van der Waals surface area (Å²) in [6.07, 6.45) is 3.33. The highest BCUT2D eigenvalue weighted by Gasteiger charge is 2.07.